The third-order valence-corrected chi connectivity index (χ3v) is 4.86. The van der Waals surface area contributed by atoms with E-state index in [9.17, 15) is 0 Å². The second kappa shape index (κ2) is 7.34. The molecule has 3 aromatic rings. The van der Waals surface area contributed by atoms with Crippen molar-refractivity contribution in [1.29, 1.82) is 0 Å². The molecule has 0 unspecified atom stereocenters. The molecule has 2 heterocycles. The van der Waals surface area contributed by atoms with E-state index in [2.05, 4.69) is 36.0 Å². The van der Waals surface area contributed by atoms with Crippen molar-refractivity contribution in [2.24, 2.45) is 0 Å². The van der Waals surface area contributed by atoms with Gasteiger partial charge in [0.15, 0.2) is 0 Å². The van der Waals surface area contributed by atoms with Crippen LogP contribution in [0.25, 0.3) is 10.9 Å². The first-order valence-electron chi connectivity index (χ1n) is 9.18. The highest BCUT2D eigenvalue weighted by Crippen LogP contribution is 2.33. The number of nitrogens with one attached hydrogen (secondary N) is 1. The number of fused-ring (bicyclic) bond motifs is 2. The molecular formula is C20H23BN2O3. The van der Waals surface area contributed by atoms with E-state index in [1.807, 2.05) is 36.4 Å². The second-order valence-electron chi connectivity index (χ2n) is 6.39. The van der Waals surface area contributed by atoms with Crippen LogP contribution in [-0.2, 0) is 6.42 Å². The van der Waals surface area contributed by atoms with Gasteiger partial charge in [0.1, 0.15) is 17.2 Å². The summed E-state index contributed by atoms with van der Waals surface area (Å²) in [6.45, 7) is 7.60. The highest BCUT2D eigenvalue weighted by atomic mass is 16.8. The van der Waals surface area contributed by atoms with Gasteiger partial charge in [0.05, 0.1) is 0 Å². The molecule has 0 amide bonds. The Hall–Kier alpha value is -2.60. The topological polar surface area (TPSA) is 46.7 Å². The van der Waals surface area contributed by atoms with Crippen molar-refractivity contribution in [3.05, 3.63) is 54.2 Å². The summed E-state index contributed by atoms with van der Waals surface area (Å²) >= 11 is 0. The van der Waals surface area contributed by atoms with Crippen LogP contribution >= 0.6 is 0 Å². The van der Waals surface area contributed by atoms with Crippen molar-refractivity contribution in [3.8, 4) is 17.2 Å². The van der Waals surface area contributed by atoms with Crippen molar-refractivity contribution in [2.45, 2.75) is 20.3 Å². The van der Waals surface area contributed by atoms with Gasteiger partial charge in [-0.25, -0.2) is 0 Å². The zero-order valence-electron chi connectivity index (χ0n) is 15.2. The number of aromatic nitrogens is 1. The summed E-state index contributed by atoms with van der Waals surface area (Å²) in [5.41, 5.74) is 2.41. The molecule has 0 atom stereocenters. The van der Waals surface area contributed by atoms with Gasteiger partial charge in [-0.05, 0) is 55.4 Å². The fraction of sp³-hybridized carbons (Fsp3) is 0.300. The SMILES string of the molecule is CCN(CC)CCc1c[nH]c2ccc(OB3Oc4ccccc4O3)cc12. The number of likely N-dealkylation sites (N-methyl/N-ethyl adjacent to an activating group) is 1. The summed E-state index contributed by atoms with van der Waals surface area (Å²) in [6.07, 6.45) is 3.10. The summed E-state index contributed by atoms with van der Waals surface area (Å²) in [5.74, 6) is 2.15. The molecule has 0 saturated heterocycles. The number of hydrogen-bond acceptors (Lipinski definition) is 4. The van der Waals surface area contributed by atoms with Gasteiger partial charge in [-0.1, -0.05) is 26.0 Å². The molecule has 0 spiro atoms. The molecule has 0 aliphatic carbocycles. The lowest BCUT2D eigenvalue weighted by molar-refractivity contribution is 0.308. The van der Waals surface area contributed by atoms with Crippen molar-refractivity contribution >= 4 is 18.2 Å². The third-order valence-electron chi connectivity index (χ3n) is 4.86. The van der Waals surface area contributed by atoms with Gasteiger partial charge in [-0.15, -0.1) is 0 Å². The molecule has 2 aromatic carbocycles. The van der Waals surface area contributed by atoms with Gasteiger partial charge in [-0.2, -0.15) is 0 Å². The molecule has 1 N–H and O–H groups in total. The van der Waals surface area contributed by atoms with E-state index in [0.717, 1.165) is 37.3 Å². The number of benzene rings is 2. The number of hydrogen-bond donors (Lipinski definition) is 1. The number of aromatic amines is 1. The Labute approximate surface area is 154 Å². The smallest absolute Gasteiger partial charge is 0.490 e. The predicted molar refractivity (Wildman–Crippen MR) is 104 cm³/mol. The molecule has 134 valence electrons. The van der Waals surface area contributed by atoms with E-state index >= 15 is 0 Å². The van der Waals surface area contributed by atoms with E-state index in [1.165, 1.54) is 10.9 Å². The average Bonchev–Trinajstić information content (AvgIpc) is 3.25. The van der Waals surface area contributed by atoms with E-state index in [4.69, 9.17) is 14.0 Å². The molecule has 0 radical (unpaired) electrons. The fourth-order valence-corrected chi connectivity index (χ4v) is 3.29. The van der Waals surface area contributed by atoms with Gasteiger partial charge in [0.2, 0.25) is 0 Å². The largest absolute Gasteiger partial charge is 0.864 e. The maximum atomic E-state index is 5.89. The third kappa shape index (κ3) is 3.37. The number of para-hydroxylation sites is 2. The highest BCUT2D eigenvalue weighted by Gasteiger charge is 2.37. The Bertz CT molecular complexity index is 867. The number of nitrogens with zero attached hydrogens (tertiary/aromatic N) is 1. The minimum Gasteiger partial charge on any atom is -0.490 e. The van der Waals surface area contributed by atoms with Gasteiger partial charge >= 0.3 is 7.32 Å². The molecule has 6 heteroatoms. The van der Waals surface area contributed by atoms with E-state index in [-0.39, 0.29) is 0 Å². The second-order valence-corrected chi connectivity index (χ2v) is 6.39. The Kier molecular flexibility index (Phi) is 4.76. The minimum atomic E-state index is -0.747. The van der Waals surface area contributed by atoms with Crippen molar-refractivity contribution in [3.63, 3.8) is 0 Å². The Morgan fingerprint density at radius 3 is 2.46 bits per heavy atom. The normalized spacial score (nSPS) is 13.0. The van der Waals surface area contributed by atoms with Crippen LogP contribution < -0.4 is 14.0 Å². The molecule has 0 fully saturated rings. The van der Waals surface area contributed by atoms with Gasteiger partial charge < -0.3 is 23.8 Å². The van der Waals surface area contributed by atoms with Crippen molar-refractivity contribution < 1.29 is 14.0 Å². The zero-order chi connectivity index (χ0) is 17.9. The lowest BCUT2D eigenvalue weighted by Crippen LogP contribution is -2.32. The van der Waals surface area contributed by atoms with Crippen LogP contribution in [0.1, 0.15) is 19.4 Å². The lowest BCUT2D eigenvalue weighted by atomic mass is 10.1. The summed E-state index contributed by atoms with van der Waals surface area (Å²) in [7, 11) is -0.747. The number of H-pyrrole nitrogens is 1. The highest BCUT2D eigenvalue weighted by molar-refractivity contribution is 6.41. The summed E-state index contributed by atoms with van der Waals surface area (Å²) in [6, 6.07) is 13.6. The van der Waals surface area contributed by atoms with Crippen LogP contribution in [0.5, 0.6) is 17.2 Å². The van der Waals surface area contributed by atoms with Crippen LogP contribution in [0.3, 0.4) is 0 Å². The zero-order valence-corrected chi connectivity index (χ0v) is 15.2. The van der Waals surface area contributed by atoms with Gasteiger partial charge in [0.25, 0.3) is 0 Å². The molecular weight excluding hydrogens is 327 g/mol. The molecule has 0 saturated carbocycles. The van der Waals surface area contributed by atoms with Gasteiger partial charge in [0, 0.05) is 23.6 Å². The van der Waals surface area contributed by atoms with Crippen LogP contribution in [-0.4, -0.2) is 36.8 Å². The van der Waals surface area contributed by atoms with Crippen LogP contribution in [0.4, 0.5) is 0 Å². The van der Waals surface area contributed by atoms with Gasteiger partial charge in [-0.3, -0.25) is 0 Å². The number of rotatable bonds is 7. The van der Waals surface area contributed by atoms with E-state index in [1.54, 1.807) is 0 Å². The lowest BCUT2D eigenvalue weighted by Gasteiger charge is -2.17. The first kappa shape index (κ1) is 16.9. The van der Waals surface area contributed by atoms with E-state index < -0.39 is 7.32 Å². The Balaban J connectivity index is 1.48. The standard InChI is InChI=1S/C20H23BN2O3/c1-3-23(4-2)12-11-15-14-22-18-10-9-16(13-17(15)18)24-21-25-19-7-5-6-8-20(19)26-21/h5-10,13-14,22H,3-4,11-12H2,1-2H3. The Morgan fingerprint density at radius 2 is 1.77 bits per heavy atom. The molecule has 0 bridgehead atoms. The molecule has 1 aromatic heterocycles. The maximum absolute atomic E-state index is 5.89. The first-order valence-corrected chi connectivity index (χ1v) is 9.18. The molecule has 1 aliphatic heterocycles. The molecule has 4 rings (SSSR count). The molecule has 1 aliphatic rings. The van der Waals surface area contributed by atoms with Crippen LogP contribution in [0.2, 0.25) is 0 Å². The first-order chi connectivity index (χ1) is 12.8. The summed E-state index contributed by atoms with van der Waals surface area (Å²) in [5, 5.41) is 1.19. The molecule has 26 heavy (non-hydrogen) atoms. The van der Waals surface area contributed by atoms with Crippen LogP contribution in [0, 0.1) is 0 Å². The predicted octanol–water partition coefficient (Wildman–Crippen LogP) is 3.89. The molecule has 5 nitrogen and oxygen atoms in total. The van der Waals surface area contributed by atoms with E-state index in [0.29, 0.717) is 11.5 Å². The van der Waals surface area contributed by atoms with Crippen molar-refractivity contribution in [2.75, 3.05) is 19.6 Å². The Morgan fingerprint density at radius 1 is 1.04 bits per heavy atom. The fourth-order valence-electron chi connectivity index (χ4n) is 3.29. The summed E-state index contributed by atoms with van der Waals surface area (Å²) in [4.78, 5) is 5.77. The summed E-state index contributed by atoms with van der Waals surface area (Å²) < 4.78 is 17.3. The van der Waals surface area contributed by atoms with Crippen LogP contribution in [0.15, 0.2) is 48.7 Å². The quantitative estimate of drug-likeness (QED) is 0.657. The monoisotopic (exact) mass is 350 g/mol. The average molecular weight is 350 g/mol. The maximum Gasteiger partial charge on any atom is 0.864 e. The van der Waals surface area contributed by atoms with Crippen molar-refractivity contribution in [1.82, 2.24) is 9.88 Å². The minimum absolute atomic E-state index is 0.708.